The number of benzene rings is 1. The number of hydrogen-bond donors (Lipinski definition) is 2. The summed E-state index contributed by atoms with van der Waals surface area (Å²) < 4.78 is 19.3. The third-order valence-electron chi connectivity index (χ3n) is 2.83. The van der Waals surface area contributed by atoms with Crippen LogP contribution in [-0.4, -0.2) is 11.4 Å². The van der Waals surface area contributed by atoms with Crippen LogP contribution in [0.2, 0.25) is 0 Å². The van der Waals surface area contributed by atoms with Gasteiger partial charge in [-0.3, -0.25) is 5.41 Å². The number of amidine groups is 1. The van der Waals surface area contributed by atoms with E-state index in [1.807, 2.05) is 20.8 Å². The molecule has 0 aliphatic heterocycles. The molecule has 0 amide bonds. The second-order valence-electron chi connectivity index (χ2n) is 4.62. The van der Waals surface area contributed by atoms with Gasteiger partial charge in [0, 0.05) is 11.1 Å². The standard InChI is InChI=1S/C13H19FN2O/c1-4-13(2,3)17-8-10-6-5-9(12(15)16)7-11(10)14/h5-7H,4,8H2,1-3H3,(H3,15,16). The van der Waals surface area contributed by atoms with Crippen molar-refractivity contribution in [2.24, 2.45) is 5.73 Å². The van der Waals surface area contributed by atoms with Crippen molar-refractivity contribution in [2.45, 2.75) is 39.4 Å². The first kappa shape index (κ1) is 13.6. The Bertz CT molecular complexity index is 416. The van der Waals surface area contributed by atoms with E-state index < -0.39 is 0 Å². The highest BCUT2D eigenvalue weighted by Gasteiger charge is 2.16. The SMILES string of the molecule is CCC(C)(C)OCc1ccc(C(=N)N)cc1F. The minimum Gasteiger partial charge on any atom is -0.384 e. The number of halogens is 1. The van der Waals surface area contributed by atoms with Crippen LogP contribution in [0.15, 0.2) is 18.2 Å². The van der Waals surface area contributed by atoms with Crippen molar-refractivity contribution in [3.8, 4) is 0 Å². The zero-order valence-corrected chi connectivity index (χ0v) is 10.5. The molecule has 3 nitrogen and oxygen atoms in total. The number of rotatable bonds is 5. The zero-order chi connectivity index (χ0) is 13.1. The molecule has 1 rings (SSSR count). The van der Waals surface area contributed by atoms with Crippen molar-refractivity contribution in [3.05, 3.63) is 35.1 Å². The number of ether oxygens (including phenoxy) is 1. The molecule has 0 saturated heterocycles. The fraction of sp³-hybridized carbons (Fsp3) is 0.462. The van der Waals surface area contributed by atoms with Gasteiger partial charge in [0.1, 0.15) is 11.7 Å². The van der Waals surface area contributed by atoms with Crippen LogP contribution in [0.5, 0.6) is 0 Å². The largest absolute Gasteiger partial charge is 0.384 e. The van der Waals surface area contributed by atoms with Crippen LogP contribution in [0.4, 0.5) is 4.39 Å². The summed E-state index contributed by atoms with van der Waals surface area (Å²) in [4.78, 5) is 0. The monoisotopic (exact) mass is 238 g/mol. The molecule has 0 atom stereocenters. The molecule has 0 unspecified atom stereocenters. The molecule has 1 aromatic rings. The molecule has 0 bridgehead atoms. The average molecular weight is 238 g/mol. The predicted octanol–water partition coefficient (Wildman–Crippen LogP) is 2.81. The first-order valence-corrected chi connectivity index (χ1v) is 5.62. The Morgan fingerprint density at radius 1 is 1.47 bits per heavy atom. The first-order chi connectivity index (χ1) is 7.85. The van der Waals surface area contributed by atoms with E-state index in [0.717, 1.165) is 6.42 Å². The molecule has 0 saturated carbocycles. The summed E-state index contributed by atoms with van der Waals surface area (Å²) in [5.41, 5.74) is 5.90. The van der Waals surface area contributed by atoms with Crippen LogP contribution in [0, 0.1) is 11.2 Å². The third-order valence-corrected chi connectivity index (χ3v) is 2.83. The molecule has 1 aromatic carbocycles. The summed E-state index contributed by atoms with van der Waals surface area (Å²) in [6.07, 6.45) is 0.861. The van der Waals surface area contributed by atoms with E-state index in [0.29, 0.717) is 11.1 Å². The highest BCUT2D eigenvalue weighted by molar-refractivity contribution is 5.94. The van der Waals surface area contributed by atoms with E-state index in [9.17, 15) is 4.39 Å². The Morgan fingerprint density at radius 3 is 2.59 bits per heavy atom. The summed E-state index contributed by atoms with van der Waals surface area (Å²) >= 11 is 0. The lowest BCUT2D eigenvalue weighted by Crippen LogP contribution is -2.23. The second-order valence-corrected chi connectivity index (χ2v) is 4.62. The van der Waals surface area contributed by atoms with E-state index in [2.05, 4.69) is 0 Å². The normalized spacial score (nSPS) is 11.5. The molecule has 0 aliphatic carbocycles. The van der Waals surface area contributed by atoms with Crippen molar-refractivity contribution >= 4 is 5.84 Å². The van der Waals surface area contributed by atoms with E-state index in [1.54, 1.807) is 12.1 Å². The topological polar surface area (TPSA) is 59.1 Å². The second kappa shape index (κ2) is 5.27. The lowest BCUT2D eigenvalue weighted by Gasteiger charge is -2.23. The highest BCUT2D eigenvalue weighted by atomic mass is 19.1. The van der Waals surface area contributed by atoms with Gasteiger partial charge in [0.05, 0.1) is 12.2 Å². The minimum absolute atomic E-state index is 0.134. The van der Waals surface area contributed by atoms with Crippen molar-refractivity contribution in [1.82, 2.24) is 0 Å². The van der Waals surface area contributed by atoms with E-state index in [-0.39, 0.29) is 23.9 Å². The van der Waals surface area contributed by atoms with Crippen molar-refractivity contribution in [3.63, 3.8) is 0 Å². The number of hydrogen-bond acceptors (Lipinski definition) is 2. The van der Waals surface area contributed by atoms with Crippen LogP contribution >= 0.6 is 0 Å². The summed E-state index contributed by atoms with van der Waals surface area (Å²) in [5, 5.41) is 7.21. The lowest BCUT2D eigenvalue weighted by atomic mass is 10.1. The van der Waals surface area contributed by atoms with Gasteiger partial charge >= 0.3 is 0 Å². The summed E-state index contributed by atoms with van der Waals surface area (Å²) in [7, 11) is 0. The van der Waals surface area contributed by atoms with Gasteiger partial charge in [-0.15, -0.1) is 0 Å². The van der Waals surface area contributed by atoms with Crippen LogP contribution < -0.4 is 5.73 Å². The van der Waals surface area contributed by atoms with Gasteiger partial charge < -0.3 is 10.5 Å². The quantitative estimate of drug-likeness (QED) is 0.612. The molecule has 94 valence electrons. The van der Waals surface area contributed by atoms with Crippen LogP contribution in [0.1, 0.15) is 38.3 Å². The van der Waals surface area contributed by atoms with Gasteiger partial charge in [-0.2, -0.15) is 0 Å². The summed E-state index contributed by atoms with van der Waals surface area (Å²) in [6, 6.07) is 4.50. The molecule has 0 heterocycles. The van der Waals surface area contributed by atoms with Gasteiger partial charge in [-0.05, 0) is 26.3 Å². The highest BCUT2D eigenvalue weighted by Crippen LogP contribution is 2.18. The van der Waals surface area contributed by atoms with E-state index >= 15 is 0 Å². The maximum absolute atomic E-state index is 13.7. The van der Waals surface area contributed by atoms with Gasteiger partial charge in [0.2, 0.25) is 0 Å². The fourth-order valence-electron chi connectivity index (χ4n) is 1.21. The van der Waals surface area contributed by atoms with E-state index in [4.69, 9.17) is 15.9 Å². The Balaban J connectivity index is 2.77. The Hall–Kier alpha value is -1.42. The van der Waals surface area contributed by atoms with Crippen LogP contribution in [-0.2, 0) is 11.3 Å². The smallest absolute Gasteiger partial charge is 0.129 e. The number of nitrogens with two attached hydrogens (primary N) is 1. The third kappa shape index (κ3) is 3.82. The lowest BCUT2D eigenvalue weighted by molar-refractivity contribution is -0.0326. The molecule has 0 fully saturated rings. The summed E-state index contributed by atoms with van der Waals surface area (Å²) in [5.74, 6) is -0.519. The van der Waals surface area contributed by atoms with Gasteiger partial charge in [0.15, 0.2) is 0 Å². The molecule has 4 heteroatoms. The molecule has 17 heavy (non-hydrogen) atoms. The Kier molecular flexibility index (Phi) is 4.23. The minimum atomic E-state index is -0.385. The zero-order valence-electron chi connectivity index (χ0n) is 10.5. The molecular weight excluding hydrogens is 219 g/mol. The predicted molar refractivity (Wildman–Crippen MR) is 66.6 cm³/mol. The van der Waals surface area contributed by atoms with E-state index in [1.165, 1.54) is 6.07 Å². The molecular formula is C13H19FN2O. The van der Waals surface area contributed by atoms with Gasteiger partial charge in [-0.1, -0.05) is 19.1 Å². The maximum atomic E-state index is 13.7. The van der Waals surface area contributed by atoms with Crippen molar-refractivity contribution < 1.29 is 9.13 Å². The van der Waals surface area contributed by atoms with Crippen molar-refractivity contribution in [1.29, 1.82) is 5.41 Å². The number of nitrogens with one attached hydrogen (secondary N) is 1. The van der Waals surface area contributed by atoms with Gasteiger partial charge in [-0.25, -0.2) is 4.39 Å². The molecule has 3 N–H and O–H groups in total. The molecule has 0 radical (unpaired) electrons. The first-order valence-electron chi connectivity index (χ1n) is 5.62. The number of nitrogen functional groups attached to an aromatic ring is 1. The Labute approximate surface area is 101 Å². The van der Waals surface area contributed by atoms with Crippen LogP contribution in [0.3, 0.4) is 0 Å². The van der Waals surface area contributed by atoms with Crippen molar-refractivity contribution in [2.75, 3.05) is 0 Å². The fourth-order valence-corrected chi connectivity index (χ4v) is 1.21. The van der Waals surface area contributed by atoms with Gasteiger partial charge in [0.25, 0.3) is 0 Å². The summed E-state index contributed by atoms with van der Waals surface area (Å²) in [6.45, 7) is 6.18. The maximum Gasteiger partial charge on any atom is 0.129 e. The molecule has 0 spiro atoms. The average Bonchev–Trinajstić information content (AvgIpc) is 2.27. The molecule has 0 aromatic heterocycles. The Morgan fingerprint density at radius 2 is 2.12 bits per heavy atom. The van der Waals surface area contributed by atoms with Crippen LogP contribution in [0.25, 0.3) is 0 Å². The molecule has 0 aliphatic rings.